The molecule has 106 valence electrons. The Bertz CT molecular complexity index is 393. The van der Waals surface area contributed by atoms with E-state index in [1.807, 2.05) is 17.8 Å². The molecule has 0 aromatic carbocycles. The maximum atomic E-state index is 12.0. The number of likely N-dealkylation sites (tertiary alicyclic amines) is 1. The van der Waals surface area contributed by atoms with Gasteiger partial charge in [-0.05, 0) is 19.9 Å². The molecule has 0 radical (unpaired) electrons. The normalized spacial score (nSPS) is 24.3. The molecule has 2 atom stereocenters. The lowest BCUT2D eigenvalue weighted by Gasteiger charge is -2.32. The number of imidazole rings is 1. The Labute approximate surface area is 113 Å². The average molecular weight is 266 g/mol. The number of hydrogen-bond acceptors (Lipinski definition) is 4. The van der Waals surface area contributed by atoms with Crippen molar-refractivity contribution in [3.63, 3.8) is 0 Å². The summed E-state index contributed by atoms with van der Waals surface area (Å²) in [6.07, 6.45) is 6.44. The number of aryl methyl sites for hydroxylation is 1. The summed E-state index contributed by atoms with van der Waals surface area (Å²) in [6, 6.07) is 0. The molecule has 6 nitrogen and oxygen atoms in total. The molecule has 1 aromatic heterocycles. The van der Waals surface area contributed by atoms with Gasteiger partial charge >= 0.3 is 0 Å². The van der Waals surface area contributed by atoms with Crippen molar-refractivity contribution in [3.8, 4) is 0 Å². The van der Waals surface area contributed by atoms with Crippen LogP contribution in [0.3, 0.4) is 0 Å². The molecule has 0 spiro atoms. The van der Waals surface area contributed by atoms with Crippen molar-refractivity contribution in [3.05, 3.63) is 18.7 Å². The van der Waals surface area contributed by atoms with Crippen molar-refractivity contribution in [2.24, 2.45) is 5.92 Å². The van der Waals surface area contributed by atoms with Crippen LogP contribution in [0.5, 0.6) is 0 Å². The lowest BCUT2D eigenvalue weighted by molar-refractivity contribution is -0.131. The Balaban J connectivity index is 1.68. The maximum absolute atomic E-state index is 12.0. The number of piperidine rings is 1. The highest BCUT2D eigenvalue weighted by atomic mass is 16.3. The second-order valence-electron chi connectivity index (χ2n) is 5.17. The molecule has 1 amide bonds. The molecular formula is C13H22N4O2. The summed E-state index contributed by atoms with van der Waals surface area (Å²) in [5.41, 5.74) is 0. The molecular weight excluding hydrogens is 244 g/mol. The third-order valence-corrected chi connectivity index (χ3v) is 3.57. The number of nitrogens with zero attached hydrogens (tertiary/aromatic N) is 3. The minimum Gasteiger partial charge on any atom is -0.392 e. The second kappa shape index (κ2) is 6.68. The minimum absolute atomic E-state index is 0.0373. The molecule has 2 rings (SSSR count). The summed E-state index contributed by atoms with van der Waals surface area (Å²) in [7, 11) is 1.98. The summed E-state index contributed by atoms with van der Waals surface area (Å²) in [6.45, 7) is 2.96. The molecule has 0 saturated carbocycles. The van der Waals surface area contributed by atoms with Crippen molar-refractivity contribution in [2.75, 3.05) is 26.7 Å². The van der Waals surface area contributed by atoms with Crippen LogP contribution in [0.25, 0.3) is 0 Å². The number of aromatic nitrogens is 2. The van der Waals surface area contributed by atoms with E-state index in [1.54, 1.807) is 12.5 Å². The number of aliphatic hydroxyl groups excluding tert-OH is 1. The maximum Gasteiger partial charge on any atom is 0.227 e. The predicted molar refractivity (Wildman–Crippen MR) is 71.5 cm³/mol. The number of aliphatic hydroxyl groups is 1. The van der Waals surface area contributed by atoms with Crippen molar-refractivity contribution in [1.82, 2.24) is 19.8 Å². The van der Waals surface area contributed by atoms with Gasteiger partial charge < -0.3 is 19.9 Å². The lowest BCUT2D eigenvalue weighted by atomic mass is 9.94. The molecule has 1 aliphatic heterocycles. The molecule has 6 heteroatoms. The number of carbonyl (C=O) groups excluding carboxylic acids is 1. The minimum atomic E-state index is -0.509. The number of nitrogens with one attached hydrogen (secondary N) is 1. The van der Waals surface area contributed by atoms with Crippen molar-refractivity contribution in [1.29, 1.82) is 0 Å². The zero-order valence-electron chi connectivity index (χ0n) is 11.3. The van der Waals surface area contributed by atoms with Crippen LogP contribution in [0.2, 0.25) is 0 Å². The van der Waals surface area contributed by atoms with Crippen LogP contribution in [0.1, 0.15) is 12.8 Å². The molecule has 0 unspecified atom stereocenters. The van der Waals surface area contributed by atoms with Crippen molar-refractivity contribution >= 4 is 5.91 Å². The highest BCUT2D eigenvalue weighted by molar-refractivity contribution is 5.79. The van der Waals surface area contributed by atoms with E-state index in [0.717, 1.165) is 19.5 Å². The molecule has 0 aliphatic carbocycles. The van der Waals surface area contributed by atoms with E-state index in [1.165, 1.54) is 0 Å². The Hall–Kier alpha value is -1.40. The van der Waals surface area contributed by atoms with E-state index in [0.29, 0.717) is 19.5 Å². The van der Waals surface area contributed by atoms with Gasteiger partial charge in [-0.2, -0.15) is 0 Å². The van der Waals surface area contributed by atoms with Gasteiger partial charge in [0.15, 0.2) is 0 Å². The van der Waals surface area contributed by atoms with Crippen LogP contribution in [0.4, 0.5) is 0 Å². The van der Waals surface area contributed by atoms with Crippen LogP contribution in [0, 0.1) is 5.92 Å². The third kappa shape index (κ3) is 4.04. The Morgan fingerprint density at radius 1 is 1.58 bits per heavy atom. The first kappa shape index (κ1) is 14.0. The molecule has 1 aromatic rings. The quantitative estimate of drug-likeness (QED) is 0.718. The van der Waals surface area contributed by atoms with Crippen molar-refractivity contribution < 1.29 is 9.90 Å². The summed E-state index contributed by atoms with van der Waals surface area (Å²) in [4.78, 5) is 18.0. The monoisotopic (exact) mass is 266 g/mol. The van der Waals surface area contributed by atoms with Crippen LogP contribution < -0.4 is 5.32 Å². The van der Waals surface area contributed by atoms with E-state index in [9.17, 15) is 9.90 Å². The topological polar surface area (TPSA) is 70.4 Å². The summed E-state index contributed by atoms with van der Waals surface area (Å²) < 4.78 is 1.98. The first-order chi connectivity index (χ1) is 9.16. The van der Waals surface area contributed by atoms with Crippen LogP contribution in [0.15, 0.2) is 18.7 Å². The van der Waals surface area contributed by atoms with Gasteiger partial charge in [-0.25, -0.2) is 4.98 Å². The molecule has 1 saturated heterocycles. The SMILES string of the molecule is CN1CC[C@H](O)[C@H](C(=O)NCCCn2ccnc2)C1. The van der Waals surface area contributed by atoms with Gasteiger partial charge in [-0.1, -0.05) is 0 Å². The van der Waals surface area contributed by atoms with E-state index in [-0.39, 0.29) is 11.8 Å². The number of carbonyl (C=O) groups is 1. The fourth-order valence-corrected chi connectivity index (χ4v) is 2.38. The third-order valence-electron chi connectivity index (χ3n) is 3.57. The van der Waals surface area contributed by atoms with Crippen molar-refractivity contribution in [2.45, 2.75) is 25.5 Å². The average Bonchev–Trinajstić information content (AvgIpc) is 2.90. The van der Waals surface area contributed by atoms with E-state index in [2.05, 4.69) is 15.2 Å². The fraction of sp³-hybridized carbons (Fsp3) is 0.692. The molecule has 0 bridgehead atoms. The van der Waals surface area contributed by atoms with Gasteiger partial charge in [-0.15, -0.1) is 0 Å². The highest BCUT2D eigenvalue weighted by Gasteiger charge is 2.31. The molecule has 1 fully saturated rings. The largest absolute Gasteiger partial charge is 0.392 e. The molecule has 2 N–H and O–H groups in total. The predicted octanol–water partition coefficient (Wildman–Crippen LogP) is -0.298. The standard InChI is InChI=1S/C13H22N4O2/c1-16-7-3-12(18)11(9-16)13(19)15-4-2-6-17-8-5-14-10-17/h5,8,10-12,18H,2-4,6-7,9H2,1H3,(H,15,19)/t11-,12+/m1/s1. The van der Waals surface area contributed by atoms with E-state index in [4.69, 9.17) is 0 Å². The van der Waals surface area contributed by atoms with Gasteiger partial charge in [0.2, 0.25) is 5.91 Å². The zero-order valence-corrected chi connectivity index (χ0v) is 11.3. The Kier molecular flexibility index (Phi) is 4.93. The smallest absolute Gasteiger partial charge is 0.227 e. The number of amides is 1. The lowest BCUT2D eigenvalue weighted by Crippen LogP contribution is -2.48. The summed E-state index contributed by atoms with van der Waals surface area (Å²) >= 11 is 0. The molecule has 1 aliphatic rings. The van der Waals surface area contributed by atoms with Gasteiger partial charge in [0, 0.05) is 38.6 Å². The highest BCUT2D eigenvalue weighted by Crippen LogP contribution is 2.15. The molecule has 19 heavy (non-hydrogen) atoms. The number of hydrogen-bond donors (Lipinski definition) is 2. The first-order valence-corrected chi connectivity index (χ1v) is 6.77. The van der Waals surface area contributed by atoms with Gasteiger partial charge in [0.1, 0.15) is 0 Å². The van der Waals surface area contributed by atoms with E-state index >= 15 is 0 Å². The second-order valence-corrected chi connectivity index (χ2v) is 5.17. The van der Waals surface area contributed by atoms with Crippen LogP contribution >= 0.6 is 0 Å². The summed E-state index contributed by atoms with van der Waals surface area (Å²) in [5.74, 6) is -0.336. The Morgan fingerprint density at radius 2 is 2.42 bits per heavy atom. The molecule has 2 heterocycles. The van der Waals surface area contributed by atoms with Gasteiger partial charge in [-0.3, -0.25) is 4.79 Å². The van der Waals surface area contributed by atoms with E-state index < -0.39 is 6.10 Å². The first-order valence-electron chi connectivity index (χ1n) is 6.77. The summed E-state index contributed by atoms with van der Waals surface area (Å²) in [5, 5.41) is 12.8. The van der Waals surface area contributed by atoms with Gasteiger partial charge in [0.25, 0.3) is 0 Å². The van der Waals surface area contributed by atoms with Gasteiger partial charge in [0.05, 0.1) is 18.3 Å². The fourth-order valence-electron chi connectivity index (χ4n) is 2.38. The Morgan fingerprint density at radius 3 is 3.16 bits per heavy atom. The van der Waals surface area contributed by atoms with Crippen LogP contribution in [-0.4, -0.2) is 58.3 Å². The zero-order chi connectivity index (χ0) is 13.7. The van der Waals surface area contributed by atoms with Crippen LogP contribution in [-0.2, 0) is 11.3 Å². The number of rotatable bonds is 5.